The zero-order chi connectivity index (χ0) is 105. The van der Waals surface area contributed by atoms with Crippen LogP contribution in [0.5, 0.6) is 0 Å². The molecule has 0 aliphatic carbocycles. The molecule has 0 amide bonds. The first-order valence-corrected chi connectivity index (χ1v) is 62.1. The van der Waals surface area contributed by atoms with Crippen molar-refractivity contribution in [2.24, 2.45) is 0 Å². The second-order valence-electron chi connectivity index (χ2n) is 34.1. The molecule has 12 aromatic heterocycles. The van der Waals surface area contributed by atoms with E-state index in [2.05, 4.69) is 84.7 Å². The number of ether oxygens (including phenoxy) is 7. The van der Waals surface area contributed by atoms with Crippen molar-refractivity contribution in [1.82, 2.24) is 117 Å². The van der Waals surface area contributed by atoms with Crippen LogP contribution >= 0.6 is 47.1 Å². The maximum Gasteiger partial charge on any atom is 0.351 e. The molecule has 62 nitrogen and oxygen atoms in total. The number of hydrogen-bond donors (Lipinski definition) is 8. The van der Waals surface area contributed by atoms with Crippen LogP contribution in [0.2, 0.25) is 0 Å². The molecule has 7 aliphatic rings. The van der Waals surface area contributed by atoms with Crippen molar-refractivity contribution in [3.8, 4) is 0 Å². The van der Waals surface area contributed by atoms with Gasteiger partial charge < -0.3 is 178 Å². The summed E-state index contributed by atoms with van der Waals surface area (Å²) >= 11 is 38.4. The largest absolute Gasteiger partial charge is 0.780 e. The van der Waals surface area contributed by atoms with Gasteiger partial charge in [-0.1, -0.05) is 77.8 Å². The molecule has 19 rings (SSSR count). The lowest BCUT2D eigenvalue weighted by atomic mass is 10.1. The normalized spacial score (nSPS) is 29.8. The highest BCUT2D eigenvalue weighted by Crippen LogP contribution is 2.58. The fourth-order valence-electron chi connectivity index (χ4n) is 17.5. The molecule has 0 bridgehead atoms. The van der Waals surface area contributed by atoms with Gasteiger partial charge in [0.05, 0.1) is 114 Å². The van der Waals surface area contributed by atoms with Crippen molar-refractivity contribution in [1.29, 1.82) is 0 Å². The standard InChI is InChI=1S/C72H93N30O32P7S7/c1-5-32-33(6-46(121-32)98-25-89-51-59(74)79-20-84-64(51)98)129-136(108,143)115-16-41-37(10-49(124-41)101-28-92-54-62(77)82-23-87-67(54)101)133-140(112,147)120-19-44-57(56(103)70(127-44)97-12-30(2)58(73)94-71(97)105)134-141(113,148)119-18-43-38(11-50(126-43)102-29-93-55-63(78)83-24-88-68(55)102)132-139(111,146)118-17-42-36(9-48(125-42)100-27-91-53-61(76)81-22-86-66(53)100)131-138(110,145)117-15-40-35(7-45(122-40)96-13-31(3)69(104)95-72(96)106)130-137(109,144)116-14-39-34(128-135(107,142)114-4)8-47(123-39)99-26-90-52-60(75)80-21-85-65(52)99/h12-13,20-29,32-50,56-57,70,103H,5-11,14-19H2,1-4H3,(H,107,142)(H,108,143)(H,109,144)(H,110,145)(H,111,146)(H,112,147)(H,113,148)(H2,73,94,105)(H2,74,79,84)(H2,75,80,85)(H2,76,81,86)(H2,77,82,87)(H2,78,83,88)(H,95,104,106)/p-7/t32-,33?,34?,35?,36?,37?,38?,39-,40-,41-,42-,43-,44-,45-,46-,47-,48-,49-,50-,56+,57?,70-,135?,136?,137?,138?,139?,140?,141?/m1/s1. The molecule has 7 fully saturated rings. The van der Waals surface area contributed by atoms with Crippen molar-refractivity contribution in [2.75, 3.05) is 81.2 Å². The maximum absolute atomic E-state index is 15.1. The SMILES string of the molecule is CC[C@H]1O[C@@H](n2cnc3c(N)ncnc32)CC1OP([O-])(=S)OC[C@H]1O[C@@H](n2cnc3c(N)ncnc32)CC1OP(=O)([S-])OC[C@H]1O[C@@H](n2cc(C)c(N)nc2=O)[C@@H](O)C1OP([O-])(=S)OC[C@H]1O[C@@H](n2cnc3c(N)ncnc32)CC1OP([O-])(=S)OC[C@H]1O[C@@H](n2cnc3c(N)ncnc32)CC1OP([O-])(=S)OC[C@H]1O[C@@H](n2cc(C)c(=O)[nH]c2=O)CC1OP([O-])(=S)OC[C@H]1O[C@@H](n2cnc3c(N)ncnc32)CC1OP([O-])(=S)OC. The summed E-state index contributed by atoms with van der Waals surface area (Å²) in [6, 6.07) is 0. The van der Waals surface area contributed by atoms with E-state index in [0.717, 1.165) is 28.9 Å². The zero-order valence-electron chi connectivity index (χ0n) is 76.7. The zero-order valence-corrected chi connectivity index (χ0v) is 88.6. The first kappa shape index (κ1) is 109. The smallest absolute Gasteiger partial charge is 0.351 e. The van der Waals surface area contributed by atoms with E-state index in [0.29, 0.717) is 17.6 Å². The van der Waals surface area contributed by atoms with E-state index in [1.54, 1.807) is 4.57 Å². The van der Waals surface area contributed by atoms with Crippen LogP contribution in [0.15, 0.2) is 90.1 Å². The van der Waals surface area contributed by atoms with Crippen molar-refractivity contribution >= 4 is 221 Å². The van der Waals surface area contributed by atoms with E-state index >= 15 is 9.79 Å². The number of nitrogens with one attached hydrogen (secondary N) is 1. The van der Waals surface area contributed by atoms with Crippen LogP contribution in [0.25, 0.3) is 55.8 Å². The Bertz CT molecular complexity index is 7580. The van der Waals surface area contributed by atoms with Gasteiger partial charge in [-0.2, -0.15) is 4.98 Å². The number of H-pyrrole nitrogens is 1. The average Bonchev–Trinajstić information content (AvgIpc) is 1.61. The van der Waals surface area contributed by atoms with E-state index in [9.17, 15) is 43.6 Å². The molecule has 12 aromatic rings. The van der Waals surface area contributed by atoms with Crippen LogP contribution < -0.4 is 80.7 Å². The molecule has 14 unspecified atom stereocenters. The summed E-state index contributed by atoms with van der Waals surface area (Å²) in [5.41, 5.74) is 36.2. The topological polar surface area (TPSA) is 833 Å². The average molecular weight is 2320 g/mol. The Morgan fingerprint density at radius 1 is 0.385 bits per heavy atom. The van der Waals surface area contributed by atoms with Gasteiger partial charge >= 0.3 is 11.4 Å². The second-order valence-corrected chi connectivity index (χ2v) is 53.1. The lowest BCUT2D eigenvalue weighted by Crippen LogP contribution is -2.39. The Labute approximate surface area is 867 Å². The highest BCUT2D eigenvalue weighted by Gasteiger charge is 2.52. The van der Waals surface area contributed by atoms with Gasteiger partial charge in [-0.05, 0) is 20.3 Å². The molecule has 7 saturated heterocycles. The minimum Gasteiger partial charge on any atom is -0.780 e. The van der Waals surface area contributed by atoms with Gasteiger partial charge in [0.2, 0.25) is 0 Å². The number of nitrogens with two attached hydrogens (primary N) is 6. The molecule has 148 heavy (non-hydrogen) atoms. The van der Waals surface area contributed by atoms with Gasteiger partial charge in [0, 0.05) is 69.2 Å². The number of aryl methyl sites for hydroxylation is 2. The number of rotatable bonds is 41. The van der Waals surface area contributed by atoms with E-state index in [4.69, 9.17) is 214 Å². The van der Waals surface area contributed by atoms with Crippen molar-refractivity contribution in [3.63, 3.8) is 0 Å². The first-order chi connectivity index (χ1) is 70.2. The van der Waals surface area contributed by atoms with Gasteiger partial charge in [0.25, 0.3) is 5.56 Å². The molecule has 29 atom stereocenters. The number of nitrogens with zero attached hydrogens (tertiary/aromatic N) is 23. The molecule has 800 valence electrons. The van der Waals surface area contributed by atoms with Gasteiger partial charge in [-0.25, -0.2) is 84.3 Å². The first-order valence-electron chi connectivity index (χ1n) is 44.2. The summed E-state index contributed by atoms with van der Waals surface area (Å²) in [4.78, 5) is 196. The number of aliphatic hydroxyl groups excluding tert-OH is 1. The van der Waals surface area contributed by atoms with Crippen molar-refractivity contribution in [2.45, 2.75) is 201 Å². The van der Waals surface area contributed by atoms with Gasteiger partial charge in [0.1, 0.15) is 192 Å². The molecular formula is C72H86N30O32P7S7-7. The lowest BCUT2D eigenvalue weighted by molar-refractivity contribution is -0.221. The number of imidazole rings is 5. The van der Waals surface area contributed by atoms with E-state index in [1.807, 2.05) is 6.92 Å². The Morgan fingerprint density at radius 3 is 0.993 bits per heavy atom. The van der Waals surface area contributed by atoms with Gasteiger partial charge in [-0.3, -0.25) is 46.3 Å². The molecule has 0 aromatic carbocycles. The van der Waals surface area contributed by atoms with Crippen LogP contribution in [0.1, 0.15) is 107 Å². The maximum atomic E-state index is 15.1. The Balaban J connectivity index is 0.541. The number of fused-ring (bicyclic) bond motifs is 5. The fourth-order valence-corrected chi connectivity index (χ4v) is 27.2. The van der Waals surface area contributed by atoms with Gasteiger partial charge in [-0.15, -0.1) is 0 Å². The second kappa shape index (κ2) is 43.7. The third-order valence-electron chi connectivity index (χ3n) is 24.6. The lowest BCUT2D eigenvalue weighted by Gasteiger charge is -2.37. The minimum absolute atomic E-state index is 0.0133. The predicted octanol–water partition coefficient (Wildman–Crippen LogP) is -1.90. The number of aromatic amines is 1. The Morgan fingerprint density at radius 2 is 0.669 bits per heavy atom. The summed E-state index contributed by atoms with van der Waals surface area (Å²) in [5, 5.41) is 12.3. The van der Waals surface area contributed by atoms with Crippen LogP contribution in [-0.4, -0.2) is 260 Å². The number of aliphatic hydroxyl groups is 1. The molecule has 14 N–H and O–H groups in total. The van der Waals surface area contributed by atoms with Crippen LogP contribution in [0.3, 0.4) is 0 Å². The summed E-state index contributed by atoms with van der Waals surface area (Å²) in [7, 11) is 1.07. The molecule has 0 spiro atoms. The quantitative estimate of drug-likeness (QED) is 0.0153. The number of aromatic nitrogens is 24. The fraction of sp³-hybridized carbons (Fsp3) is 0.542. The highest BCUT2D eigenvalue weighted by atomic mass is 32.7. The molecule has 0 saturated carbocycles. The monoisotopic (exact) mass is 2320 g/mol. The summed E-state index contributed by atoms with van der Waals surface area (Å²) in [5.74, 6) is -0.0841. The van der Waals surface area contributed by atoms with Crippen molar-refractivity contribution < 1.29 is 136 Å². The summed E-state index contributed by atoms with van der Waals surface area (Å²) in [6.07, 6.45) is -16.2. The van der Waals surface area contributed by atoms with Gasteiger partial charge in [0.15, 0.2) is 70.4 Å². The Kier molecular flexibility index (Phi) is 32.1. The van der Waals surface area contributed by atoms with Crippen LogP contribution in [0, 0.1) is 13.8 Å². The summed E-state index contributed by atoms with van der Waals surface area (Å²) in [6.45, 7) is -33.9. The molecule has 76 heteroatoms. The van der Waals surface area contributed by atoms with E-state index in [-0.39, 0.29) is 129 Å². The minimum atomic E-state index is -5.17. The summed E-state index contributed by atoms with van der Waals surface area (Å²) < 4.78 is 151. The third-order valence-corrected chi connectivity index (χ3v) is 35.7. The van der Waals surface area contributed by atoms with Crippen LogP contribution in [0.4, 0.5) is 34.9 Å². The number of anilines is 6. The highest BCUT2D eigenvalue weighted by molar-refractivity contribution is 8.32. The Hall–Kier alpha value is -7.53. The van der Waals surface area contributed by atoms with Crippen LogP contribution in [-0.2, 0) is 184 Å². The predicted molar refractivity (Wildman–Crippen MR) is 521 cm³/mol. The third kappa shape index (κ3) is 23.8. The van der Waals surface area contributed by atoms with E-state index < -0.39 is 239 Å². The molecule has 7 aliphatic heterocycles. The number of nitrogen functional groups attached to an aromatic ring is 6. The van der Waals surface area contributed by atoms with Crippen molar-refractivity contribution in [3.05, 3.63) is 118 Å². The molecule has 0 radical (unpaired) electrons. The van der Waals surface area contributed by atoms with E-state index in [1.165, 1.54) is 95.1 Å². The molecule has 19 heterocycles. The number of hydrogen-bond acceptors (Lipinski definition) is 61. The molecular weight excluding hydrogens is 2240 g/mol.